The number of amides is 1. The topological polar surface area (TPSA) is 78.8 Å². The largest absolute Gasteiger partial charge is 0.487 e. The van der Waals surface area contributed by atoms with E-state index in [1.54, 1.807) is 0 Å². The molecule has 5 nitrogen and oxygen atoms in total. The number of carbonyl (C=O) groups excluding carboxylic acids is 1. The van der Waals surface area contributed by atoms with Crippen molar-refractivity contribution in [3.8, 4) is 5.75 Å². The highest BCUT2D eigenvalue weighted by Crippen LogP contribution is 2.37. The molecule has 0 aliphatic carbocycles. The van der Waals surface area contributed by atoms with Gasteiger partial charge in [-0.15, -0.1) is 0 Å². The molecule has 3 rings (SSSR count). The predicted molar refractivity (Wildman–Crippen MR) is 109 cm³/mol. The quantitative estimate of drug-likeness (QED) is 0.633. The average Bonchev–Trinajstić information content (AvgIpc) is 3.01. The number of aryl methyl sites for hydroxylation is 1. The van der Waals surface area contributed by atoms with Crippen molar-refractivity contribution in [3.63, 3.8) is 0 Å². The molecule has 0 unspecified atom stereocenters. The number of hydrogen-bond donors (Lipinski definition) is 3. The lowest BCUT2D eigenvalue weighted by Gasteiger charge is -2.24. The summed E-state index contributed by atoms with van der Waals surface area (Å²) in [5, 5.41) is 21.4. The molecule has 1 heterocycles. The van der Waals surface area contributed by atoms with Gasteiger partial charge in [-0.05, 0) is 48.2 Å². The lowest BCUT2D eigenvalue weighted by molar-refractivity contribution is -0.122. The molecule has 1 atom stereocenters. The second-order valence-electron chi connectivity index (χ2n) is 7.60. The highest BCUT2D eigenvalue weighted by atomic mass is 35.5. The third-order valence-corrected chi connectivity index (χ3v) is 5.24. The van der Waals surface area contributed by atoms with Crippen LogP contribution in [0.25, 0.3) is 0 Å². The normalized spacial score (nSPS) is 18.0. The van der Waals surface area contributed by atoms with Gasteiger partial charge < -0.3 is 20.3 Å². The third kappa shape index (κ3) is 5.25. The number of fused-ring (bicyclic) bond motifs is 1. The van der Waals surface area contributed by atoms with Crippen LogP contribution in [0.2, 0.25) is 5.02 Å². The van der Waals surface area contributed by atoms with E-state index in [2.05, 4.69) is 18.3 Å². The molecule has 1 aliphatic rings. The average molecular weight is 404 g/mol. The molecule has 0 saturated heterocycles. The van der Waals surface area contributed by atoms with E-state index in [9.17, 15) is 4.79 Å². The Hall–Kier alpha value is -2.08. The minimum atomic E-state index is -0.602. The minimum absolute atomic E-state index is 0.183. The second kappa shape index (κ2) is 8.95. The number of benzene rings is 2. The molecule has 1 aliphatic heterocycles. The van der Waals surface area contributed by atoms with Crippen LogP contribution >= 0.6 is 11.6 Å². The van der Waals surface area contributed by atoms with Crippen LogP contribution in [0.3, 0.4) is 0 Å². The molecule has 28 heavy (non-hydrogen) atoms. The molecule has 2 aromatic rings. The lowest BCUT2D eigenvalue weighted by Crippen LogP contribution is -2.40. The monoisotopic (exact) mass is 403 g/mol. The van der Waals surface area contributed by atoms with Crippen molar-refractivity contribution < 1.29 is 19.7 Å². The number of aliphatic hydroxyl groups is 2. The summed E-state index contributed by atoms with van der Waals surface area (Å²) in [6, 6.07) is 13.3. The predicted octanol–water partition coefficient (Wildman–Crippen LogP) is 2.68. The number of carbonyl (C=O) groups is 1. The van der Waals surface area contributed by atoms with Gasteiger partial charge in [0, 0.05) is 24.3 Å². The zero-order valence-corrected chi connectivity index (χ0v) is 16.7. The van der Waals surface area contributed by atoms with E-state index in [4.69, 9.17) is 26.6 Å². The van der Waals surface area contributed by atoms with Crippen molar-refractivity contribution in [2.45, 2.75) is 44.2 Å². The van der Waals surface area contributed by atoms with E-state index in [1.807, 2.05) is 36.4 Å². The Labute approximate surface area is 170 Å². The zero-order chi connectivity index (χ0) is 20.1. The highest BCUT2D eigenvalue weighted by Gasteiger charge is 2.35. The highest BCUT2D eigenvalue weighted by molar-refractivity contribution is 6.30. The van der Waals surface area contributed by atoms with E-state index >= 15 is 0 Å². The van der Waals surface area contributed by atoms with Crippen LogP contribution in [0.4, 0.5) is 0 Å². The number of hydrogen-bond acceptors (Lipinski definition) is 4. The molecule has 6 heteroatoms. The maximum absolute atomic E-state index is 11.9. The standard InChI is InChI=1S/C22H26ClNO4/c1-22(11-16-2-6-18(23)7-3-16)12-17-10-15(4-8-20(17)28-22)5-9-21(27)24-19(13-25)14-26/h2-4,6-8,10,19,25-26H,5,9,11-14H2,1H3,(H,24,27)/t22-/m0/s1. The van der Waals surface area contributed by atoms with E-state index in [0.29, 0.717) is 12.8 Å². The first-order chi connectivity index (χ1) is 13.4. The Morgan fingerprint density at radius 3 is 2.54 bits per heavy atom. The van der Waals surface area contributed by atoms with Gasteiger partial charge in [0.15, 0.2) is 0 Å². The van der Waals surface area contributed by atoms with Gasteiger partial charge in [-0.3, -0.25) is 4.79 Å². The van der Waals surface area contributed by atoms with Gasteiger partial charge >= 0.3 is 0 Å². The number of halogens is 1. The zero-order valence-electron chi connectivity index (χ0n) is 16.0. The van der Waals surface area contributed by atoms with E-state index in [1.165, 1.54) is 5.56 Å². The Balaban J connectivity index is 1.59. The Morgan fingerprint density at radius 1 is 1.18 bits per heavy atom. The van der Waals surface area contributed by atoms with Crippen molar-refractivity contribution in [1.82, 2.24) is 5.32 Å². The SMILES string of the molecule is C[C@]1(Cc2ccc(Cl)cc2)Cc2cc(CCC(=O)NC(CO)CO)ccc2O1. The van der Waals surface area contributed by atoms with Gasteiger partial charge in [0.1, 0.15) is 11.4 Å². The number of aliphatic hydroxyl groups excluding tert-OH is 2. The molecule has 3 N–H and O–H groups in total. The van der Waals surface area contributed by atoms with Crippen molar-refractivity contribution >= 4 is 17.5 Å². The maximum Gasteiger partial charge on any atom is 0.220 e. The van der Waals surface area contributed by atoms with Crippen LogP contribution in [0.15, 0.2) is 42.5 Å². The van der Waals surface area contributed by atoms with Crippen LogP contribution in [0.5, 0.6) is 5.75 Å². The summed E-state index contributed by atoms with van der Waals surface area (Å²) in [6.45, 7) is 1.56. The summed E-state index contributed by atoms with van der Waals surface area (Å²) in [5.41, 5.74) is 3.09. The van der Waals surface area contributed by atoms with Gasteiger partial charge in [-0.25, -0.2) is 0 Å². The molecule has 0 bridgehead atoms. The first-order valence-corrected chi connectivity index (χ1v) is 9.85. The molecule has 1 amide bonds. The number of rotatable bonds is 8. The van der Waals surface area contributed by atoms with E-state index in [-0.39, 0.29) is 24.7 Å². The fraction of sp³-hybridized carbons (Fsp3) is 0.409. The molecule has 0 fully saturated rings. The first kappa shape index (κ1) is 20.6. The summed E-state index contributed by atoms with van der Waals surface area (Å²) >= 11 is 5.97. The molecule has 2 aromatic carbocycles. The Bertz CT molecular complexity index is 820. The minimum Gasteiger partial charge on any atom is -0.487 e. The first-order valence-electron chi connectivity index (χ1n) is 9.47. The fourth-order valence-electron chi connectivity index (χ4n) is 3.57. The summed E-state index contributed by atoms with van der Waals surface area (Å²) in [7, 11) is 0. The lowest BCUT2D eigenvalue weighted by atomic mass is 9.91. The van der Waals surface area contributed by atoms with Gasteiger partial charge in [-0.1, -0.05) is 35.9 Å². The van der Waals surface area contributed by atoms with Crippen LogP contribution < -0.4 is 10.1 Å². The van der Waals surface area contributed by atoms with Gasteiger partial charge in [-0.2, -0.15) is 0 Å². The van der Waals surface area contributed by atoms with Crippen LogP contribution in [-0.4, -0.2) is 41.0 Å². The summed E-state index contributed by atoms with van der Waals surface area (Å²) in [4.78, 5) is 11.9. The smallest absolute Gasteiger partial charge is 0.220 e. The maximum atomic E-state index is 11.9. The molecule has 0 aromatic heterocycles. The van der Waals surface area contributed by atoms with Gasteiger partial charge in [0.05, 0.1) is 19.3 Å². The molecular weight excluding hydrogens is 378 g/mol. The van der Waals surface area contributed by atoms with Crippen molar-refractivity contribution in [2.24, 2.45) is 0 Å². The van der Waals surface area contributed by atoms with E-state index < -0.39 is 6.04 Å². The Kier molecular flexibility index (Phi) is 6.60. The van der Waals surface area contributed by atoms with E-state index in [0.717, 1.165) is 34.7 Å². The molecule has 0 spiro atoms. The second-order valence-corrected chi connectivity index (χ2v) is 8.04. The molecule has 150 valence electrons. The van der Waals surface area contributed by atoms with Crippen LogP contribution in [0.1, 0.15) is 30.0 Å². The Morgan fingerprint density at radius 2 is 1.86 bits per heavy atom. The summed E-state index contributed by atoms with van der Waals surface area (Å²) in [5.74, 6) is 0.711. The van der Waals surface area contributed by atoms with Crippen molar-refractivity contribution in [3.05, 3.63) is 64.2 Å². The molecule has 0 saturated carbocycles. The summed E-state index contributed by atoms with van der Waals surface area (Å²) in [6.07, 6.45) is 2.50. The molecular formula is C22H26ClNO4. The van der Waals surface area contributed by atoms with Gasteiger partial charge in [0.2, 0.25) is 5.91 Å². The number of nitrogens with one attached hydrogen (secondary N) is 1. The van der Waals surface area contributed by atoms with Crippen LogP contribution in [-0.2, 0) is 24.1 Å². The molecule has 0 radical (unpaired) electrons. The van der Waals surface area contributed by atoms with Gasteiger partial charge in [0.25, 0.3) is 0 Å². The summed E-state index contributed by atoms with van der Waals surface area (Å²) < 4.78 is 6.22. The van der Waals surface area contributed by atoms with Crippen LogP contribution in [0, 0.1) is 0 Å². The van der Waals surface area contributed by atoms with Crippen molar-refractivity contribution in [2.75, 3.05) is 13.2 Å². The fourth-order valence-corrected chi connectivity index (χ4v) is 3.70. The third-order valence-electron chi connectivity index (χ3n) is 4.98. The number of ether oxygens (including phenoxy) is 1. The van der Waals surface area contributed by atoms with Crippen molar-refractivity contribution in [1.29, 1.82) is 0 Å².